The number of anilines is 1. The lowest BCUT2D eigenvalue weighted by atomic mass is 10.1. The van der Waals surface area contributed by atoms with Crippen LogP contribution in [0, 0.1) is 0 Å². The van der Waals surface area contributed by atoms with E-state index >= 15 is 0 Å². The van der Waals surface area contributed by atoms with E-state index in [1.54, 1.807) is 18.2 Å². The van der Waals surface area contributed by atoms with E-state index in [1.807, 2.05) is 29.2 Å². The SMILES string of the molecule is O=C(c1ccc(Cl)c(Cl)c1)N1CCN(c2cccc(Cl)c2)CC1. The van der Waals surface area contributed by atoms with Crippen LogP contribution in [0.5, 0.6) is 0 Å². The van der Waals surface area contributed by atoms with Gasteiger partial charge in [-0.2, -0.15) is 0 Å². The second-order valence-corrected chi connectivity index (χ2v) is 6.64. The fourth-order valence-corrected chi connectivity index (χ4v) is 3.13. The van der Waals surface area contributed by atoms with Crippen molar-refractivity contribution in [2.45, 2.75) is 0 Å². The summed E-state index contributed by atoms with van der Waals surface area (Å²) >= 11 is 17.9. The molecule has 0 spiro atoms. The molecule has 0 atom stereocenters. The molecule has 6 heteroatoms. The highest BCUT2D eigenvalue weighted by molar-refractivity contribution is 6.42. The Bertz CT molecular complexity index is 728. The normalized spacial score (nSPS) is 14.9. The van der Waals surface area contributed by atoms with Crippen LogP contribution >= 0.6 is 34.8 Å². The van der Waals surface area contributed by atoms with Gasteiger partial charge < -0.3 is 9.80 Å². The van der Waals surface area contributed by atoms with Gasteiger partial charge in [-0.15, -0.1) is 0 Å². The Labute approximate surface area is 150 Å². The smallest absolute Gasteiger partial charge is 0.254 e. The van der Waals surface area contributed by atoms with Crippen LogP contribution in [-0.2, 0) is 0 Å². The predicted molar refractivity (Wildman–Crippen MR) is 96.0 cm³/mol. The fraction of sp³-hybridized carbons (Fsp3) is 0.235. The monoisotopic (exact) mass is 368 g/mol. The molecule has 1 saturated heterocycles. The van der Waals surface area contributed by atoms with Crippen molar-refractivity contribution >= 4 is 46.4 Å². The third-order valence-electron chi connectivity index (χ3n) is 3.91. The highest BCUT2D eigenvalue weighted by Crippen LogP contribution is 2.24. The minimum Gasteiger partial charge on any atom is -0.368 e. The summed E-state index contributed by atoms with van der Waals surface area (Å²) in [5, 5.41) is 1.57. The van der Waals surface area contributed by atoms with Gasteiger partial charge in [-0.3, -0.25) is 4.79 Å². The van der Waals surface area contributed by atoms with Gasteiger partial charge in [-0.05, 0) is 36.4 Å². The van der Waals surface area contributed by atoms with Crippen molar-refractivity contribution < 1.29 is 4.79 Å². The van der Waals surface area contributed by atoms with Gasteiger partial charge in [0.2, 0.25) is 0 Å². The lowest BCUT2D eigenvalue weighted by Crippen LogP contribution is -2.48. The molecule has 0 saturated carbocycles. The number of amides is 1. The second-order valence-electron chi connectivity index (χ2n) is 5.39. The second kappa shape index (κ2) is 7.00. The number of carbonyl (C=O) groups excluding carboxylic acids is 1. The summed E-state index contributed by atoms with van der Waals surface area (Å²) in [6.07, 6.45) is 0. The van der Waals surface area contributed by atoms with E-state index in [4.69, 9.17) is 34.8 Å². The summed E-state index contributed by atoms with van der Waals surface area (Å²) in [6.45, 7) is 2.86. The first-order valence-corrected chi connectivity index (χ1v) is 8.43. The van der Waals surface area contributed by atoms with Crippen molar-refractivity contribution in [3.8, 4) is 0 Å². The fourth-order valence-electron chi connectivity index (χ4n) is 2.65. The number of benzene rings is 2. The van der Waals surface area contributed by atoms with Crippen molar-refractivity contribution in [2.75, 3.05) is 31.1 Å². The van der Waals surface area contributed by atoms with Crippen molar-refractivity contribution in [3.63, 3.8) is 0 Å². The van der Waals surface area contributed by atoms with Gasteiger partial charge in [0.25, 0.3) is 5.91 Å². The van der Waals surface area contributed by atoms with Crippen molar-refractivity contribution in [2.24, 2.45) is 0 Å². The van der Waals surface area contributed by atoms with E-state index in [2.05, 4.69) is 4.90 Å². The lowest BCUT2D eigenvalue weighted by Gasteiger charge is -2.36. The average Bonchev–Trinajstić information content (AvgIpc) is 2.57. The van der Waals surface area contributed by atoms with Crippen LogP contribution in [0.1, 0.15) is 10.4 Å². The van der Waals surface area contributed by atoms with Gasteiger partial charge in [-0.25, -0.2) is 0 Å². The van der Waals surface area contributed by atoms with Crippen LogP contribution in [0.2, 0.25) is 15.1 Å². The molecular formula is C17H15Cl3N2O. The van der Waals surface area contributed by atoms with Crippen LogP contribution < -0.4 is 4.90 Å². The van der Waals surface area contributed by atoms with Crippen LogP contribution in [0.25, 0.3) is 0 Å². The van der Waals surface area contributed by atoms with Crippen molar-refractivity contribution in [3.05, 3.63) is 63.1 Å². The van der Waals surface area contributed by atoms with Gasteiger partial charge in [0.05, 0.1) is 10.0 Å². The molecule has 0 radical (unpaired) electrons. The van der Waals surface area contributed by atoms with Crippen LogP contribution in [-0.4, -0.2) is 37.0 Å². The third-order valence-corrected chi connectivity index (χ3v) is 4.88. The Balaban J connectivity index is 1.66. The number of hydrogen-bond donors (Lipinski definition) is 0. The molecule has 0 aromatic heterocycles. The van der Waals surface area contributed by atoms with Crippen LogP contribution in [0.15, 0.2) is 42.5 Å². The highest BCUT2D eigenvalue weighted by atomic mass is 35.5. The Hall–Kier alpha value is -1.42. The summed E-state index contributed by atoms with van der Waals surface area (Å²) < 4.78 is 0. The van der Waals surface area contributed by atoms with Crippen molar-refractivity contribution in [1.29, 1.82) is 0 Å². The first kappa shape index (κ1) is 16.4. The van der Waals surface area contributed by atoms with Gasteiger partial charge in [-0.1, -0.05) is 40.9 Å². The summed E-state index contributed by atoms with van der Waals surface area (Å²) in [6, 6.07) is 12.7. The molecule has 2 aromatic carbocycles. The molecule has 0 aliphatic carbocycles. The summed E-state index contributed by atoms with van der Waals surface area (Å²) in [5.41, 5.74) is 1.65. The number of piperazine rings is 1. The van der Waals surface area contributed by atoms with E-state index in [-0.39, 0.29) is 5.91 Å². The zero-order valence-electron chi connectivity index (χ0n) is 12.3. The minimum absolute atomic E-state index is 0.0192. The Morgan fingerprint density at radius 3 is 2.26 bits per heavy atom. The first-order valence-electron chi connectivity index (χ1n) is 7.29. The van der Waals surface area contributed by atoms with Gasteiger partial charge >= 0.3 is 0 Å². The zero-order valence-corrected chi connectivity index (χ0v) is 14.6. The average molecular weight is 370 g/mol. The summed E-state index contributed by atoms with van der Waals surface area (Å²) in [7, 11) is 0. The predicted octanol–water partition coefficient (Wildman–Crippen LogP) is 4.61. The summed E-state index contributed by atoms with van der Waals surface area (Å²) in [4.78, 5) is 16.6. The van der Waals surface area contributed by atoms with Gasteiger partial charge in [0.15, 0.2) is 0 Å². The quantitative estimate of drug-likeness (QED) is 0.772. The van der Waals surface area contributed by atoms with Crippen molar-refractivity contribution in [1.82, 2.24) is 4.90 Å². The Kier molecular flexibility index (Phi) is 5.00. The maximum absolute atomic E-state index is 12.5. The van der Waals surface area contributed by atoms with E-state index in [9.17, 15) is 4.79 Å². The maximum Gasteiger partial charge on any atom is 0.254 e. The Morgan fingerprint density at radius 1 is 0.870 bits per heavy atom. The standard InChI is InChI=1S/C17H15Cl3N2O/c18-13-2-1-3-14(11-13)21-6-8-22(9-7-21)17(23)12-4-5-15(19)16(20)10-12/h1-5,10-11H,6-9H2. The topological polar surface area (TPSA) is 23.6 Å². The number of hydrogen-bond acceptors (Lipinski definition) is 2. The molecule has 3 rings (SSSR count). The highest BCUT2D eigenvalue weighted by Gasteiger charge is 2.22. The van der Waals surface area contributed by atoms with E-state index in [0.29, 0.717) is 28.7 Å². The molecular weight excluding hydrogens is 355 g/mol. The largest absolute Gasteiger partial charge is 0.368 e. The third kappa shape index (κ3) is 3.74. The number of halogens is 3. The molecule has 0 N–H and O–H groups in total. The van der Waals surface area contributed by atoms with E-state index < -0.39 is 0 Å². The van der Waals surface area contributed by atoms with E-state index in [0.717, 1.165) is 23.8 Å². The molecule has 2 aromatic rings. The molecule has 120 valence electrons. The summed E-state index contributed by atoms with van der Waals surface area (Å²) in [5.74, 6) is -0.0192. The zero-order chi connectivity index (χ0) is 16.4. The van der Waals surface area contributed by atoms with E-state index in [1.165, 1.54) is 0 Å². The molecule has 1 fully saturated rings. The Morgan fingerprint density at radius 2 is 1.61 bits per heavy atom. The molecule has 0 unspecified atom stereocenters. The minimum atomic E-state index is -0.0192. The van der Waals surface area contributed by atoms with Crippen LogP contribution in [0.4, 0.5) is 5.69 Å². The molecule has 1 heterocycles. The lowest BCUT2D eigenvalue weighted by molar-refractivity contribution is 0.0747. The first-order chi connectivity index (χ1) is 11.0. The number of rotatable bonds is 2. The number of nitrogens with zero attached hydrogens (tertiary/aromatic N) is 2. The number of carbonyl (C=O) groups is 1. The molecule has 23 heavy (non-hydrogen) atoms. The molecule has 3 nitrogen and oxygen atoms in total. The molecule has 1 amide bonds. The maximum atomic E-state index is 12.5. The van der Waals surface area contributed by atoms with Gasteiger partial charge in [0.1, 0.15) is 0 Å². The molecule has 1 aliphatic rings. The molecule has 1 aliphatic heterocycles. The molecule has 0 bridgehead atoms. The van der Waals surface area contributed by atoms with Crippen LogP contribution in [0.3, 0.4) is 0 Å². The van der Waals surface area contributed by atoms with Gasteiger partial charge in [0, 0.05) is 42.5 Å².